The number of phenolic OH excluding ortho intramolecular Hbond substituents is 1. The smallest absolute Gasteiger partial charge is 0.337 e. The standard InChI is InChI=1S/C22H24N2O4S/c1-3-18-20(29-23-21(18)14-5-7-16(25)8-6-14)10-9-17(26)11-15-12-24(4-2)13-19(15)22(27)28/h5-8,12-13,25H,3-4,9-11H2,1-2H3,(H,27,28). The summed E-state index contributed by atoms with van der Waals surface area (Å²) in [7, 11) is 0. The van der Waals surface area contributed by atoms with Crippen molar-refractivity contribution in [3.63, 3.8) is 0 Å². The Morgan fingerprint density at radius 2 is 1.86 bits per heavy atom. The van der Waals surface area contributed by atoms with Gasteiger partial charge in [-0.2, -0.15) is 4.37 Å². The van der Waals surface area contributed by atoms with E-state index in [0.717, 1.165) is 28.1 Å². The SMILES string of the molecule is CCc1c(-c2ccc(O)cc2)nsc1CCC(=O)Cc1cn(CC)cc1C(=O)O. The number of carboxylic acids is 1. The lowest BCUT2D eigenvalue weighted by Crippen LogP contribution is -2.07. The maximum atomic E-state index is 12.5. The van der Waals surface area contributed by atoms with Crippen molar-refractivity contribution in [3.8, 4) is 17.0 Å². The second-order valence-electron chi connectivity index (χ2n) is 6.88. The summed E-state index contributed by atoms with van der Waals surface area (Å²) in [4.78, 5) is 25.0. The van der Waals surface area contributed by atoms with Crippen molar-refractivity contribution in [1.29, 1.82) is 0 Å². The fourth-order valence-corrected chi connectivity index (χ4v) is 4.34. The van der Waals surface area contributed by atoms with Gasteiger partial charge in [0.05, 0.1) is 11.3 Å². The van der Waals surface area contributed by atoms with Crippen LogP contribution in [0, 0.1) is 0 Å². The van der Waals surface area contributed by atoms with Crippen molar-refractivity contribution in [3.05, 3.63) is 58.2 Å². The molecule has 0 radical (unpaired) electrons. The third-order valence-corrected chi connectivity index (χ3v) is 5.89. The normalized spacial score (nSPS) is 11.0. The average molecular weight is 413 g/mol. The van der Waals surface area contributed by atoms with Gasteiger partial charge in [0.15, 0.2) is 0 Å². The number of carboxylic acid groups (broad SMARTS) is 1. The van der Waals surface area contributed by atoms with E-state index in [1.807, 2.05) is 19.1 Å². The number of carbonyl (C=O) groups excluding carboxylic acids is 1. The summed E-state index contributed by atoms with van der Waals surface area (Å²) in [5.74, 6) is -0.775. The van der Waals surface area contributed by atoms with Gasteiger partial charge >= 0.3 is 5.97 Å². The number of nitrogens with zero attached hydrogens (tertiary/aromatic N) is 2. The van der Waals surface area contributed by atoms with Crippen LogP contribution in [0.3, 0.4) is 0 Å². The molecule has 2 aromatic heterocycles. The molecule has 0 aliphatic carbocycles. The number of hydrogen-bond donors (Lipinski definition) is 2. The summed E-state index contributed by atoms with van der Waals surface area (Å²) in [5, 5.41) is 18.8. The van der Waals surface area contributed by atoms with Crippen LogP contribution in [0.2, 0.25) is 0 Å². The predicted molar refractivity (Wildman–Crippen MR) is 113 cm³/mol. The molecule has 3 aromatic rings. The minimum Gasteiger partial charge on any atom is -0.508 e. The Labute approximate surface area is 173 Å². The number of hydrogen-bond acceptors (Lipinski definition) is 5. The molecule has 29 heavy (non-hydrogen) atoms. The summed E-state index contributed by atoms with van der Waals surface area (Å²) in [5.41, 5.74) is 3.72. The first-order valence-corrected chi connectivity index (χ1v) is 10.4. The Hall–Kier alpha value is -2.93. The Balaban J connectivity index is 1.70. The van der Waals surface area contributed by atoms with Crippen LogP contribution in [0.25, 0.3) is 11.3 Å². The maximum Gasteiger partial charge on any atom is 0.337 e. The Kier molecular flexibility index (Phi) is 6.49. The molecule has 0 unspecified atom stereocenters. The molecule has 7 heteroatoms. The topological polar surface area (TPSA) is 92.4 Å². The molecule has 0 saturated heterocycles. The average Bonchev–Trinajstić information content (AvgIpc) is 3.30. The molecule has 0 saturated carbocycles. The lowest BCUT2D eigenvalue weighted by Gasteiger charge is -2.05. The lowest BCUT2D eigenvalue weighted by atomic mass is 10.0. The number of aromatic hydroxyl groups is 1. The first-order valence-electron chi connectivity index (χ1n) is 9.63. The fourth-order valence-electron chi connectivity index (χ4n) is 3.38. The van der Waals surface area contributed by atoms with Gasteiger partial charge < -0.3 is 14.8 Å². The second kappa shape index (κ2) is 9.05. The number of aromatic nitrogens is 2. The molecule has 0 atom stereocenters. The van der Waals surface area contributed by atoms with Gasteiger partial charge in [-0.3, -0.25) is 4.79 Å². The van der Waals surface area contributed by atoms with Crippen LogP contribution in [0.1, 0.15) is 46.6 Å². The van der Waals surface area contributed by atoms with Gasteiger partial charge in [-0.1, -0.05) is 6.92 Å². The highest BCUT2D eigenvalue weighted by Crippen LogP contribution is 2.31. The summed E-state index contributed by atoms with van der Waals surface area (Å²) in [6.07, 6.45) is 5.19. The predicted octanol–water partition coefficient (Wildman–Crippen LogP) is 4.34. The molecule has 0 aliphatic rings. The van der Waals surface area contributed by atoms with Gasteiger partial charge in [0, 0.05) is 42.2 Å². The minimum atomic E-state index is -1.01. The van der Waals surface area contributed by atoms with Gasteiger partial charge in [0.2, 0.25) is 0 Å². The van der Waals surface area contributed by atoms with Gasteiger partial charge in [-0.05, 0) is 66.7 Å². The van der Waals surface area contributed by atoms with Gasteiger partial charge in [-0.15, -0.1) is 0 Å². The highest BCUT2D eigenvalue weighted by molar-refractivity contribution is 7.06. The molecule has 0 aliphatic heterocycles. The van der Waals surface area contributed by atoms with E-state index in [0.29, 0.717) is 24.9 Å². The van der Waals surface area contributed by atoms with E-state index in [1.54, 1.807) is 29.1 Å². The van der Waals surface area contributed by atoms with E-state index in [9.17, 15) is 19.8 Å². The van der Waals surface area contributed by atoms with E-state index in [-0.39, 0.29) is 23.5 Å². The number of ketones is 1. The molecular weight excluding hydrogens is 388 g/mol. The van der Waals surface area contributed by atoms with Crippen LogP contribution in [-0.4, -0.2) is 30.9 Å². The minimum absolute atomic E-state index is 0.0167. The molecule has 0 amide bonds. The van der Waals surface area contributed by atoms with E-state index >= 15 is 0 Å². The number of aromatic carboxylic acids is 1. The van der Waals surface area contributed by atoms with Gasteiger partial charge in [0.1, 0.15) is 11.5 Å². The number of benzene rings is 1. The highest BCUT2D eigenvalue weighted by Gasteiger charge is 2.18. The van der Waals surface area contributed by atoms with E-state index < -0.39 is 5.97 Å². The van der Waals surface area contributed by atoms with Crippen molar-refractivity contribution in [1.82, 2.24) is 8.94 Å². The molecular formula is C22H24N2O4S. The van der Waals surface area contributed by atoms with Crippen LogP contribution >= 0.6 is 11.5 Å². The zero-order valence-corrected chi connectivity index (χ0v) is 17.3. The van der Waals surface area contributed by atoms with Crippen molar-refractivity contribution in [2.45, 2.75) is 46.1 Å². The molecule has 0 spiro atoms. The lowest BCUT2D eigenvalue weighted by molar-refractivity contribution is -0.118. The van der Waals surface area contributed by atoms with Gasteiger partial charge in [-0.25, -0.2) is 4.79 Å². The van der Waals surface area contributed by atoms with Crippen LogP contribution in [0.5, 0.6) is 5.75 Å². The van der Waals surface area contributed by atoms with E-state index in [2.05, 4.69) is 11.3 Å². The Morgan fingerprint density at radius 1 is 1.14 bits per heavy atom. The number of carbonyl (C=O) groups is 2. The summed E-state index contributed by atoms with van der Waals surface area (Å²) < 4.78 is 6.35. The molecule has 2 heterocycles. The molecule has 0 fully saturated rings. The van der Waals surface area contributed by atoms with E-state index in [4.69, 9.17) is 0 Å². The molecule has 6 nitrogen and oxygen atoms in total. The summed E-state index contributed by atoms with van der Waals surface area (Å²) >= 11 is 1.40. The fraction of sp³-hybridized carbons (Fsp3) is 0.318. The number of phenols is 1. The molecule has 1 aromatic carbocycles. The third-order valence-electron chi connectivity index (χ3n) is 4.94. The van der Waals surface area contributed by atoms with Crippen molar-refractivity contribution in [2.75, 3.05) is 0 Å². The van der Waals surface area contributed by atoms with Crippen LogP contribution in [0.4, 0.5) is 0 Å². The number of Topliss-reactive ketones (excluding diaryl/α,β-unsaturated/α-hetero) is 1. The monoisotopic (exact) mass is 412 g/mol. The second-order valence-corrected chi connectivity index (χ2v) is 7.74. The molecule has 152 valence electrons. The van der Waals surface area contributed by atoms with Crippen LogP contribution in [0.15, 0.2) is 36.7 Å². The Bertz CT molecular complexity index is 1020. The third kappa shape index (κ3) is 4.74. The van der Waals surface area contributed by atoms with Crippen molar-refractivity contribution >= 4 is 23.3 Å². The number of rotatable bonds is 9. The van der Waals surface area contributed by atoms with Crippen molar-refractivity contribution < 1.29 is 19.8 Å². The highest BCUT2D eigenvalue weighted by atomic mass is 32.1. The zero-order valence-electron chi connectivity index (χ0n) is 16.5. The number of aryl methyl sites for hydroxylation is 2. The summed E-state index contributed by atoms with van der Waals surface area (Å²) in [6.45, 7) is 4.65. The van der Waals surface area contributed by atoms with Crippen LogP contribution < -0.4 is 0 Å². The van der Waals surface area contributed by atoms with Crippen molar-refractivity contribution in [2.24, 2.45) is 0 Å². The molecule has 3 rings (SSSR count). The Morgan fingerprint density at radius 3 is 2.48 bits per heavy atom. The van der Waals surface area contributed by atoms with Gasteiger partial charge in [0.25, 0.3) is 0 Å². The van der Waals surface area contributed by atoms with E-state index in [1.165, 1.54) is 11.5 Å². The first-order chi connectivity index (χ1) is 13.9. The van der Waals surface area contributed by atoms with Crippen LogP contribution in [-0.2, 0) is 30.6 Å². The first kappa shape index (κ1) is 20.8. The molecule has 2 N–H and O–H groups in total. The maximum absolute atomic E-state index is 12.5. The zero-order chi connectivity index (χ0) is 21.0. The largest absolute Gasteiger partial charge is 0.508 e. The quantitative estimate of drug-likeness (QED) is 0.545. The summed E-state index contributed by atoms with van der Waals surface area (Å²) in [6, 6.07) is 6.95. The molecule has 0 bridgehead atoms.